The van der Waals surface area contributed by atoms with Gasteiger partial charge in [-0.1, -0.05) is 29.3 Å². The van der Waals surface area contributed by atoms with Gasteiger partial charge in [0, 0.05) is 48.4 Å². The Bertz CT molecular complexity index is 408. The number of hydrogen-bond acceptors (Lipinski definition) is 3. The van der Waals surface area contributed by atoms with Gasteiger partial charge < -0.3 is 10.5 Å². The van der Waals surface area contributed by atoms with E-state index in [0.29, 0.717) is 18.7 Å². The van der Waals surface area contributed by atoms with Crippen LogP contribution >= 0.6 is 23.2 Å². The minimum Gasteiger partial charge on any atom is -0.381 e. The highest BCUT2D eigenvalue weighted by Gasteiger charge is 2.28. The summed E-state index contributed by atoms with van der Waals surface area (Å²) in [5, 5.41) is 1.44. The molecule has 1 aliphatic rings. The van der Waals surface area contributed by atoms with Gasteiger partial charge in [0.05, 0.1) is 6.10 Å². The summed E-state index contributed by atoms with van der Waals surface area (Å²) >= 11 is 12.5. The highest BCUT2D eigenvalue weighted by Crippen LogP contribution is 2.28. The SMILES string of the molecule is COC1CCN(Cc2c(Cl)cccc2Cl)C(CN)C1. The third-order valence-corrected chi connectivity index (χ3v) is 4.53. The molecule has 0 spiro atoms. The van der Waals surface area contributed by atoms with Crippen molar-refractivity contribution in [1.82, 2.24) is 4.90 Å². The number of benzene rings is 1. The van der Waals surface area contributed by atoms with Crippen LogP contribution in [0, 0.1) is 0 Å². The van der Waals surface area contributed by atoms with Gasteiger partial charge in [-0.15, -0.1) is 0 Å². The van der Waals surface area contributed by atoms with E-state index in [4.69, 9.17) is 33.7 Å². The minimum absolute atomic E-state index is 0.312. The number of nitrogens with two attached hydrogens (primary N) is 1. The van der Waals surface area contributed by atoms with Crippen LogP contribution in [0.25, 0.3) is 0 Å². The lowest BCUT2D eigenvalue weighted by Crippen LogP contribution is -2.48. The molecule has 0 saturated carbocycles. The fourth-order valence-corrected chi connectivity index (χ4v) is 3.13. The molecule has 5 heteroatoms. The molecule has 19 heavy (non-hydrogen) atoms. The Balaban J connectivity index is 2.10. The van der Waals surface area contributed by atoms with E-state index in [1.54, 1.807) is 7.11 Å². The standard InChI is InChI=1S/C14H20Cl2N2O/c1-19-11-5-6-18(10(7-11)8-17)9-12-13(15)3-2-4-14(12)16/h2-4,10-11H,5-9,17H2,1H3. The molecule has 2 N–H and O–H groups in total. The van der Waals surface area contributed by atoms with Crippen LogP contribution in [0.15, 0.2) is 18.2 Å². The van der Waals surface area contributed by atoms with E-state index < -0.39 is 0 Å². The summed E-state index contributed by atoms with van der Waals surface area (Å²) in [4.78, 5) is 2.35. The Kier molecular flexibility index (Phi) is 5.48. The molecule has 2 rings (SSSR count). The summed E-state index contributed by atoms with van der Waals surface area (Å²) < 4.78 is 5.43. The van der Waals surface area contributed by atoms with Gasteiger partial charge in [0.25, 0.3) is 0 Å². The van der Waals surface area contributed by atoms with Gasteiger partial charge in [-0.25, -0.2) is 0 Å². The first-order valence-corrected chi connectivity index (χ1v) is 7.31. The molecular formula is C14H20Cl2N2O. The van der Waals surface area contributed by atoms with Crippen molar-refractivity contribution in [3.8, 4) is 0 Å². The Hall–Kier alpha value is -0.320. The number of methoxy groups -OCH3 is 1. The second kappa shape index (κ2) is 6.91. The minimum atomic E-state index is 0.312. The topological polar surface area (TPSA) is 38.5 Å². The van der Waals surface area contributed by atoms with Gasteiger partial charge in [0.1, 0.15) is 0 Å². The number of likely N-dealkylation sites (tertiary alicyclic amines) is 1. The molecule has 0 amide bonds. The molecule has 1 fully saturated rings. The molecule has 0 radical (unpaired) electrons. The predicted octanol–water partition coefficient (Wildman–Crippen LogP) is 2.93. The summed E-state index contributed by atoms with van der Waals surface area (Å²) in [6.45, 7) is 2.33. The summed E-state index contributed by atoms with van der Waals surface area (Å²) in [6.07, 6.45) is 2.30. The van der Waals surface area contributed by atoms with Crippen molar-refractivity contribution < 1.29 is 4.74 Å². The molecule has 0 aliphatic carbocycles. The van der Waals surface area contributed by atoms with Crippen LogP contribution in [0.4, 0.5) is 0 Å². The Morgan fingerprint density at radius 2 is 2.05 bits per heavy atom. The summed E-state index contributed by atoms with van der Waals surface area (Å²) in [5.74, 6) is 0. The Morgan fingerprint density at radius 1 is 1.37 bits per heavy atom. The van der Waals surface area contributed by atoms with Gasteiger partial charge in [-0.3, -0.25) is 4.90 Å². The second-order valence-electron chi connectivity index (χ2n) is 4.94. The zero-order valence-corrected chi connectivity index (χ0v) is 12.6. The maximum atomic E-state index is 6.23. The second-order valence-corrected chi connectivity index (χ2v) is 5.76. The predicted molar refractivity (Wildman–Crippen MR) is 79.7 cm³/mol. The highest BCUT2D eigenvalue weighted by atomic mass is 35.5. The molecular weight excluding hydrogens is 283 g/mol. The Labute approximate surface area is 124 Å². The smallest absolute Gasteiger partial charge is 0.0599 e. The Morgan fingerprint density at radius 3 is 2.63 bits per heavy atom. The van der Waals surface area contributed by atoms with Crippen LogP contribution in [-0.4, -0.2) is 37.2 Å². The molecule has 106 valence electrons. The molecule has 2 unspecified atom stereocenters. The molecule has 0 aromatic heterocycles. The lowest BCUT2D eigenvalue weighted by molar-refractivity contribution is 0.0102. The number of hydrogen-bond donors (Lipinski definition) is 1. The van der Waals surface area contributed by atoms with E-state index in [-0.39, 0.29) is 0 Å². The van der Waals surface area contributed by atoms with E-state index in [2.05, 4.69) is 4.90 Å². The average Bonchev–Trinajstić information content (AvgIpc) is 2.43. The van der Waals surface area contributed by atoms with Crippen molar-refractivity contribution in [2.75, 3.05) is 20.2 Å². The lowest BCUT2D eigenvalue weighted by Gasteiger charge is -2.38. The maximum Gasteiger partial charge on any atom is 0.0599 e. The van der Waals surface area contributed by atoms with E-state index in [1.165, 1.54) is 0 Å². The fourth-order valence-electron chi connectivity index (χ4n) is 2.62. The zero-order valence-electron chi connectivity index (χ0n) is 11.1. The molecule has 1 aromatic rings. The van der Waals surface area contributed by atoms with Crippen molar-refractivity contribution in [3.63, 3.8) is 0 Å². The van der Waals surface area contributed by atoms with Crippen LogP contribution in [-0.2, 0) is 11.3 Å². The van der Waals surface area contributed by atoms with Gasteiger partial charge in [0.15, 0.2) is 0 Å². The van der Waals surface area contributed by atoms with Crippen molar-refractivity contribution >= 4 is 23.2 Å². The number of halogens is 2. The summed E-state index contributed by atoms with van der Waals surface area (Å²) in [7, 11) is 1.76. The first kappa shape index (κ1) is 15.1. The fraction of sp³-hybridized carbons (Fsp3) is 0.571. The van der Waals surface area contributed by atoms with E-state index in [0.717, 1.165) is 41.5 Å². The van der Waals surface area contributed by atoms with Crippen LogP contribution < -0.4 is 5.73 Å². The monoisotopic (exact) mass is 302 g/mol. The van der Waals surface area contributed by atoms with Crippen molar-refractivity contribution in [2.45, 2.75) is 31.5 Å². The highest BCUT2D eigenvalue weighted by molar-refractivity contribution is 6.35. The maximum absolute atomic E-state index is 6.23. The van der Waals surface area contributed by atoms with Crippen LogP contribution in [0.2, 0.25) is 10.0 Å². The number of piperidine rings is 1. The van der Waals surface area contributed by atoms with Gasteiger partial charge in [-0.05, 0) is 25.0 Å². The number of ether oxygens (including phenoxy) is 1. The summed E-state index contributed by atoms with van der Waals surface area (Å²) in [5.41, 5.74) is 6.86. The summed E-state index contributed by atoms with van der Waals surface area (Å²) in [6, 6.07) is 5.95. The number of nitrogens with zero attached hydrogens (tertiary/aromatic N) is 1. The molecule has 1 aromatic carbocycles. The normalized spacial score (nSPS) is 24.6. The van der Waals surface area contributed by atoms with Gasteiger partial charge >= 0.3 is 0 Å². The van der Waals surface area contributed by atoms with E-state index in [1.807, 2.05) is 18.2 Å². The van der Waals surface area contributed by atoms with Gasteiger partial charge in [0.2, 0.25) is 0 Å². The largest absolute Gasteiger partial charge is 0.381 e. The molecule has 3 nitrogen and oxygen atoms in total. The lowest BCUT2D eigenvalue weighted by atomic mass is 9.98. The first-order chi connectivity index (χ1) is 9.15. The van der Waals surface area contributed by atoms with Crippen molar-refractivity contribution in [1.29, 1.82) is 0 Å². The van der Waals surface area contributed by atoms with Crippen LogP contribution in [0.5, 0.6) is 0 Å². The van der Waals surface area contributed by atoms with Gasteiger partial charge in [-0.2, -0.15) is 0 Å². The first-order valence-electron chi connectivity index (χ1n) is 6.55. The van der Waals surface area contributed by atoms with Crippen molar-refractivity contribution in [2.24, 2.45) is 5.73 Å². The zero-order chi connectivity index (χ0) is 13.8. The number of rotatable bonds is 4. The van der Waals surface area contributed by atoms with Crippen LogP contribution in [0.1, 0.15) is 18.4 Å². The average molecular weight is 303 g/mol. The van der Waals surface area contributed by atoms with Crippen LogP contribution in [0.3, 0.4) is 0 Å². The van der Waals surface area contributed by atoms with E-state index in [9.17, 15) is 0 Å². The molecule has 1 aliphatic heterocycles. The third-order valence-electron chi connectivity index (χ3n) is 3.82. The molecule has 0 bridgehead atoms. The molecule has 1 heterocycles. The molecule has 2 atom stereocenters. The molecule has 1 saturated heterocycles. The van der Waals surface area contributed by atoms with Crippen molar-refractivity contribution in [3.05, 3.63) is 33.8 Å². The van der Waals surface area contributed by atoms with E-state index >= 15 is 0 Å². The quantitative estimate of drug-likeness (QED) is 0.929. The third kappa shape index (κ3) is 3.61.